The highest BCUT2D eigenvalue weighted by Gasteiger charge is 2.23. The standard InChI is InChI=1S/C14H13F2N3O2/c1-8(9-2-4-10(17)5-3-9)18-14-12(19(20)21)7-6-11(15)13(14)16/h2-8,18H,17H2,1H3. The van der Waals surface area contributed by atoms with Gasteiger partial charge in [-0.2, -0.15) is 0 Å². The predicted octanol–water partition coefficient (Wildman–Crippen LogP) is 3.63. The maximum atomic E-state index is 13.8. The summed E-state index contributed by atoms with van der Waals surface area (Å²) in [4.78, 5) is 10.1. The van der Waals surface area contributed by atoms with Crippen molar-refractivity contribution >= 4 is 17.1 Å². The molecule has 1 atom stereocenters. The Morgan fingerprint density at radius 2 is 1.81 bits per heavy atom. The van der Waals surface area contributed by atoms with Gasteiger partial charge in [0.05, 0.1) is 4.92 Å². The molecule has 0 aromatic heterocycles. The normalized spacial score (nSPS) is 12.0. The first-order chi connectivity index (χ1) is 9.90. The summed E-state index contributed by atoms with van der Waals surface area (Å²) in [5.74, 6) is -2.42. The Labute approximate surface area is 119 Å². The SMILES string of the molecule is CC(Nc1c([N+](=O)[O-])ccc(F)c1F)c1ccc(N)cc1. The fourth-order valence-corrected chi connectivity index (χ4v) is 1.91. The molecule has 0 spiro atoms. The Kier molecular flexibility index (Phi) is 4.02. The van der Waals surface area contributed by atoms with E-state index in [9.17, 15) is 18.9 Å². The van der Waals surface area contributed by atoms with Gasteiger partial charge in [-0.05, 0) is 30.7 Å². The van der Waals surface area contributed by atoms with E-state index < -0.39 is 34.0 Å². The van der Waals surface area contributed by atoms with Crippen LogP contribution in [0.1, 0.15) is 18.5 Å². The number of hydrogen-bond acceptors (Lipinski definition) is 4. The van der Waals surface area contributed by atoms with Crippen LogP contribution in [0, 0.1) is 21.7 Å². The van der Waals surface area contributed by atoms with E-state index in [1.165, 1.54) is 0 Å². The number of nitrogens with two attached hydrogens (primary N) is 1. The smallest absolute Gasteiger partial charge is 0.295 e. The quantitative estimate of drug-likeness (QED) is 0.512. The summed E-state index contributed by atoms with van der Waals surface area (Å²) in [5, 5.41) is 13.5. The first-order valence-corrected chi connectivity index (χ1v) is 6.14. The van der Waals surface area contributed by atoms with Crippen LogP contribution in [0.3, 0.4) is 0 Å². The summed E-state index contributed by atoms with van der Waals surface area (Å²) in [6.07, 6.45) is 0. The highest BCUT2D eigenvalue weighted by atomic mass is 19.2. The maximum Gasteiger partial charge on any atom is 0.295 e. The van der Waals surface area contributed by atoms with Gasteiger partial charge in [0.2, 0.25) is 0 Å². The summed E-state index contributed by atoms with van der Waals surface area (Å²) in [6.45, 7) is 1.68. The second kappa shape index (κ2) is 5.74. The van der Waals surface area contributed by atoms with E-state index in [0.717, 1.165) is 17.7 Å². The fraction of sp³-hybridized carbons (Fsp3) is 0.143. The molecule has 2 aromatic rings. The van der Waals surface area contributed by atoms with Crippen LogP contribution in [0.4, 0.5) is 25.8 Å². The number of rotatable bonds is 4. The number of anilines is 2. The highest BCUT2D eigenvalue weighted by molar-refractivity contribution is 5.63. The molecule has 7 heteroatoms. The van der Waals surface area contributed by atoms with Gasteiger partial charge in [-0.3, -0.25) is 10.1 Å². The van der Waals surface area contributed by atoms with Crippen molar-refractivity contribution in [1.82, 2.24) is 0 Å². The molecule has 1 unspecified atom stereocenters. The largest absolute Gasteiger partial charge is 0.399 e. The molecule has 2 rings (SSSR count). The van der Waals surface area contributed by atoms with Crippen molar-refractivity contribution in [1.29, 1.82) is 0 Å². The third kappa shape index (κ3) is 3.07. The van der Waals surface area contributed by atoms with Gasteiger partial charge in [0.1, 0.15) is 0 Å². The average Bonchev–Trinajstić information content (AvgIpc) is 2.44. The average molecular weight is 293 g/mol. The Hall–Kier alpha value is -2.70. The first-order valence-electron chi connectivity index (χ1n) is 6.14. The lowest BCUT2D eigenvalue weighted by molar-refractivity contribution is -0.384. The highest BCUT2D eigenvalue weighted by Crippen LogP contribution is 2.32. The molecule has 0 heterocycles. The third-order valence-corrected chi connectivity index (χ3v) is 3.07. The van der Waals surface area contributed by atoms with Crippen molar-refractivity contribution < 1.29 is 13.7 Å². The van der Waals surface area contributed by atoms with Crippen LogP contribution < -0.4 is 11.1 Å². The van der Waals surface area contributed by atoms with Crippen molar-refractivity contribution in [2.75, 3.05) is 11.1 Å². The first kappa shape index (κ1) is 14.7. The van der Waals surface area contributed by atoms with E-state index in [1.807, 2.05) is 0 Å². The van der Waals surface area contributed by atoms with E-state index in [-0.39, 0.29) is 0 Å². The second-order valence-electron chi connectivity index (χ2n) is 4.55. The zero-order chi connectivity index (χ0) is 15.6. The molecule has 21 heavy (non-hydrogen) atoms. The Morgan fingerprint density at radius 3 is 2.38 bits per heavy atom. The van der Waals surface area contributed by atoms with E-state index in [0.29, 0.717) is 5.69 Å². The molecule has 0 aliphatic rings. The summed E-state index contributed by atoms with van der Waals surface area (Å²) < 4.78 is 27.1. The van der Waals surface area contributed by atoms with Gasteiger partial charge in [-0.1, -0.05) is 12.1 Å². The topological polar surface area (TPSA) is 81.2 Å². The van der Waals surface area contributed by atoms with Crippen molar-refractivity contribution in [3.05, 3.63) is 63.7 Å². The van der Waals surface area contributed by atoms with Crippen LogP contribution >= 0.6 is 0 Å². The predicted molar refractivity (Wildman–Crippen MR) is 75.9 cm³/mol. The lowest BCUT2D eigenvalue weighted by Crippen LogP contribution is -2.11. The van der Waals surface area contributed by atoms with Gasteiger partial charge >= 0.3 is 0 Å². The summed E-state index contributed by atoms with van der Waals surface area (Å²) in [7, 11) is 0. The number of nitrogen functional groups attached to an aromatic ring is 1. The van der Waals surface area contributed by atoms with Crippen LogP contribution in [-0.4, -0.2) is 4.92 Å². The van der Waals surface area contributed by atoms with Crippen LogP contribution in [0.5, 0.6) is 0 Å². The minimum atomic E-state index is -1.27. The molecule has 0 aliphatic carbocycles. The van der Waals surface area contributed by atoms with Crippen molar-refractivity contribution in [2.45, 2.75) is 13.0 Å². The Morgan fingerprint density at radius 1 is 1.19 bits per heavy atom. The Bertz CT molecular complexity index is 675. The zero-order valence-electron chi connectivity index (χ0n) is 11.1. The third-order valence-electron chi connectivity index (χ3n) is 3.07. The number of nitrogens with one attached hydrogen (secondary N) is 1. The van der Waals surface area contributed by atoms with Crippen molar-refractivity contribution in [2.24, 2.45) is 0 Å². The summed E-state index contributed by atoms with van der Waals surface area (Å²) >= 11 is 0. The molecule has 110 valence electrons. The molecule has 0 bridgehead atoms. The molecule has 0 saturated heterocycles. The molecule has 5 nitrogen and oxygen atoms in total. The Balaban J connectivity index is 2.36. The minimum Gasteiger partial charge on any atom is -0.399 e. The fourth-order valence-electron chi connectivity index (χ4n) is 1.91. The minimum absolute atomic E-state index is 0.458. The molecule has 0 radical (unpaired) electrons. The van der Waals surface area contributed by atoms with Crippen molar-refractivity contribution in [3.8, 4) is 0 Å². The van der Waals surface area contributed by atoms with Gasteiger partial charge < -0.3 is 11.1 Å². The van der Waals surface area contributed by atoms with Gasteiger partial charge in [0.15, 0.2) is 17.3 Å². The molecule has 0 saturated carbocycles. The number of halogens is 2. The molecular weight excluding hydrogens is 280 g/mol. The van der Waals surface area contributed by atoms with Gasteiger partial charge in [0, 0.05) is 17.8 Å². The lowest BCUT2D eigenvalue weighted by atomic mass is 10.1. The second-order valence-corrected chi connectivity index (χ2v) is 4.55. The van der Waals surface area contributed by atoms with Crippen LogP contribution in [0.15, 0.2) is 36.4 Å². The summed E-state index contributed by atoms with van der Waals surface area (Å²) in [6, 6.07) is 7.92. The van der Waals surface area contributed by atoms with Crippen LogP contribution in [-0.2, 0) is 0 Å². The van der Waals surface area contributed by atoms with Crippen molar-refractivity contribution in [3.63, 3.8) is 0 Å². The van der Waals surface area contributed by atoms with Crippen LogP contribution in [0.25, 0.3) is 0 Å². The number of benzene rings is 2. The van der Waals surface area contributed by atoms with Gasteiger partial charge in [-0.15, -0.1) is 0 Å². The van der Waals surface area contributed by atoms with E-state index >= 15 is 0 Å². The monoisotopic (exact) mass is 293 g/mol. The summed E-state index contributed by atoms with van der Waals surface area (Å²) in [5.41, 5.74) is 5.88. The van der Waals surface area contributed by atoms with Gasteiger partial charge in [0.25, 0.3) is 5.69 Å². The number of nitro benzene ring substituents is 1. The number of nitrogens with zero attached hydrogens (tertiary/aromatic N) is 1. The molecule has 0 fully saturated rings. The van der Waals surface area contributed by atoms with E-state index in [4.69, 9.17) is 5.73 Å². The number of nitro groups is 1. The molecule has 2 aromatic carbocycles. The molecule has 0 amide bonds. The zero-order valence-corrected chi connectivity index (χ0v) is 11.1. The maximum absolute atomic E-state index is 13.8. The van der Waals surface area contributed by atoms with E-state index in [1.54, 1.807) is 31.2 Å². The molecule has 0 aliphatic heterocycles. The molecular formula is C14H13F2N3O2. The molecule has 3 N–H and O–H groups in total. The number of hydrogen-bond donors (Lipinski definition) is 2. The van der Waals surface area contributed by atoms with E-state index in [2.05, 4.69) is 5.32 Å². The van der Waals surface area contributed by atoms with Crippen LogP contribution in [0.2, 0.25) is 0 Å². The lowest BCUT2D eigenvalue weighted by Gasteiger charge is -2.16. The van der Waals surface area contributed by atoms with Gasteiger partial charge in [-0.25, -0.2) is 8.78 Å².